The maximum absolute atomic E-state index is 11.9. The second-order valence-corrected chi connectivity index (χ2v) is 7.37. The lowest BCUT2D eigenvalue weighted by Gasteiger charge is -2.09. The van der Waals surface area contributed by atoms with Gasteiger partial charge < -0.3 is 4.74 Å². The molecule has 1 fully saturated rings. The first kappa shape index (κ1) is 15.2. The summed E-state index contributed by atoms with van der Waals surface area (Å²) in [7, 11) is -3.12. The summed E-state index contributed by atoms with van der Waals surface area (Å²) >= 11 is 0. The van der Waals surface area contributed by atoms with E-state index in [1.54, 1.807) is 24.3 Å². The topological polar surface area (TPSA) is 60.4 Å². The summed E-state index contributed by atoms with van der Waals surface area (Å²) in [4.78, 5) is 11.9. The zero-order valence-corrected chi connectivity index (χ0v) is 12.3. The van der Waals surface area contributed by atoms with Crippen molar-refractivity contribution < 1.29 is 17.9 Å². The molecule has 0 spiro atoms. The van der Waals surface area contributed by atoms with E-state index in [0.29, 0.717) is 18.6 Å². The summed E-state index contributed by atoms with van der Waals surface area (Å²) in [5.41, 5.74) is 0.643. The highest BCUT2D eigenvalue weighted by atomic mass is 32.2. The molecule has 1 aliphatic rings. The Hall–Kier alpha value is -1.20. The minimum atomic E-state index is -3.12. The van der Waals surface area contributed by atoms with Crippen LogP contribution in [-0.4, -0.2) is 38.4 Å². The lowest BCUT2D eigenvalue weighted by molar-refractivity contribution is 0.0982. The van der Waals surface area contributed by atoms with Crippen molar-refractivity contribution in [3.8, 4) is 0 Å². The molecule has 110 valence electrons. The lowest BCUT2D eigenvalue weighted by atomic mass is 10.1. The van der Waals surface area contributed by atoms with Gasteiger partial charge in [0.25, 0.3) is 0 Å². The van der Waals surface area contributed by atoms with Gasteiger partial charge in [0.15, 0.2) is 15.6 Å². The van der Waals surface area contributed by atoms with E-state index in [1.807, 2.05) is 6.07 Å². The van der Waals surface area contributed by atoms with E-state index in [2.05, 4.69) is 0 Å². The van der Waals surface area contributed by atoms with Crippen molar-refractivity contribution in [3.05, 3.63) is 35.9 Å². The molecule has 1 aromatic carbocycles. The fraction of sp³-hybridized carbons (Fsp3) is 0.533. The highest BCUT2D eigenvalue weighted by molar-refractivity contribution is 7.91. The number of rotatable bonds is 7. The number of ketones is 1. The van der Waals surface area contributed by atoms with Gasteiger partial charge in [0, 0.05) is 18.6 Å². The minimum absolute atomic E-state index is 0.00193. The third kappa shape index (κ3) is 4.72. The molecule has 1 unspecified atom stereocenters. The number of benzene rings is 1. The third-order valence-corrected chi connectivity index (χ3v) is 5.21. The fourth-order valence-corrected chi connectivity index (χ4v) is 3.94. The van der Waals surface area contributed by atoms with Crippen LogP contribution in [0.3, 0.4) is 0 Å². The summed E-state index contributed by atoms with van der Waals surface area (Å²) in [6, 6.07) is 8.97. The summed E-state index contributed by atoms with van der Waals surface area (Å²) in [6.07, 6.45) is 2.26. The molecule has 0 N–H and O–H groups in total. The molecule has 1 heterocycles. The molecule has 5 heteroatoms. The van der Waals surface area contributed by atoms with Crippen LogP contribution in [0.15, 0.2) is 30.3 Å². The molecule has 1 aromatic rings. The maximum atomic E-state index is 11.9. The highest BCUT2D eigenvalue weighted by Crippen LogP contribution is 2.15. The quantitative estimate of drug-likeness (QED) is 0.724. The number of hydrogen-bond acceptors (Lipinski definition) is 4. The van der Waals surface area contributed by atoms with Gasteiger partial charge in [-0.2, -0.15) is 0 Å². The number of Topliss-reactive ketones (excluding diaryl/α,β-unsaturated/α-hetero) is 1. The second-order valence-electron chi connectivity index (χ2n) is 5.14. The Kier molecular flexibility index (Phi) is 5.31. The first-order valence-electron chi connectivity index (χ1n) is 6.97. The Morgan fingerprint density at radius 1 is 1.25 bits per heavy atom. The summed E-state index contributed by atoms with van der Waals surface area (Å²) in [5.74, 6) is 0.149. The van der Waals surface area contributed by atoms with Crippen molar-refractivity contribution in [2.75, 3.05) is 18.1 Å². The molecular weight excluding hydrogens is 276 g/mol. The van der Waals surface area contributed by atoms with Crippen molar-refractivity contribution in [1.82, 2.24) is 0 Å². The molecular formula is C15H20O4S. The molecule has 0 aliphatic carbocycles. The maximum Gasteiger partial charge on any atom is 0.162 e. The Morgan fingerprint density at radius 3 is 2.65 bits per heavy atom. The zero-order chi connectivity index (χ0) is 14.4. The molecule has 2 rings (SSSR count). The number of ether oxygens (including phenoxy) is 1. The van der Waals surface area contributed by atoms with E-state index in [9.17, 15) is 13.2 Å². The third-order valence-electron chi connectivity index (χ3n) is 3.42. The van der Waals surface area contributed by atoms with Gasteiger partial charge in [-0.1, -0.05) is 30.3 Å². The van der Waals surface area contributed by atoms with E-state index in [-0.39, 0.29) is 29.8 Å². The van der Waals surface area contributed by atoms with Gasteiger partial charge in [-0.3, -0.25) is 4.79 Å². The van der Waals surface area contributed by atoms with Crippen LogP contribution in [-0.2, 0) is 14.6 Å². The van der Waals surface area contributed by atoms with Crippen LogP contribution in [0.1, 0.15) is 36.0 Å². The van der Waals surface area contributed by atoms with Crippen molar-refractivity contribution in [2.45, 2.75) is 31.8 Å². The van der Waals surface area contributed by atoms with Gasteiger partial charge in [-0.15, -0.1) is 0 Å². The Bertz CT molecular complexity index is 530. The zero-order valence-electron chi connectivity index (χ0n) is 11.5. The minimum Gasteiger partial charge on any atom is -0.377 e. The van der Waals surface area contributed by atoms with Gasteiger partial charge in [-0.05, 0) is 19.3 Å². The van der Waals surface area contributed by atoms with Crippen LogP contribution in [0, 0.1) is 0 Å². The molecule has 0 bridgehead atoms. The van der Waals surface area contributed by atoms with Crippen LogP contribution >= 0.6 is 0 Å². The Balaban J connectivity index is 1.76. The monoisotopic (exact) mass is 296 g/mol. The van der Waals surface area contributed by atoms with E-state index >= 15 is 0 Å². The Morgan fingerprint density at radius 2 is 2.00 bits per heavy atom. The van der Waals surface area contributed by atoms with Crippen LogP contribution < -0.4 is 0 Å². The van der Waals surface area contributed by atoms with Crippen LogP contribution in [0.5, 0.6) is 0 Å². The smallest absolute Gasteiger partial charge is 0.162 e. The molecule has 0 aromatic heterocycles. The van der Waals surface area contributed by atoms with Gasteiger partial charge in [0.2, 0.25) is 0 Å². The number of carbonyl (C=O) groups is 1. The SMILES string of the molecule is O=C(CCCS(=O)(=O)CC1CCCO1)c1ccccc1. The van der Waals surface area contributed by atoms with Gasteiger partial charge in [-0.25, -0.2) is 8.42 Å². The van der Waals surface area contributed by atoms with Gasteiger partial charge in [0.1, 0.15) is 0 Å². The molecule has 20 heavy (non-hydrogen) atoms. The predicted octanol–water partition coefficient (Wildman–Crippen LogP) is 2.24. The van der Waals surface area contributed by atoms with E-state index in [4.69, 9.17) is 4.74 Å². The summed E-state index contributed by atoms with van der Waals surface area (Å²) in [6.45, 7) is 0.659. The molecule has 1 aliphatic heterocycles. The van der Waals surface area contributed by atoms with Crippen molar-refractivity contribution in [2.24, 2.45) is 0 Å². The van der Waals surface area contributed by atoms with Crippen LogP contribution in [0.2, 0.25) is 0 Å². The fourth-order valence-electron chi connectivity index (χ4n) is 2.36. The van der Waals surface area contributed by atoms with E-state index in [1.165, 1.54) is 0 Å². The van der Waals surface area contributed by atoms with E-state index in [0.717, 1.165) is 12.8 Å². The van der Waals surface area contributed by atoms with Crippen LogP contribution in [0.25, 0.3) is 0 Å². The number of hydrogen-bond donors (Lipinski definition) is 0. The molecule has 0 radical (unpaired) electrons. The average molecular weight is 296 g/mol. The largest absolute Gasteiger partial charge is 0.377 e. The highest BCUT2D eigenvalue weighted by Gasteiger charge is 2.23. The normalized spacial score (nSPS) is 19.1. The van der Waals surface area contributed by atoms with Gasteiger partial charge in [0.05, 0.1) is 17.6 Å². The summed E-state index contributed by atoms with van der Waals surface area (Å²) < 4.78 is 29.2. The van der Waals surface area contributed by atoms with Crippen molar-refractivity contribution in [1.29, 1.82) is 0 Å². The molecule has 4 nitrogen and oxygen atoms in total. The first-order chi connectivity index (χ1) is 9.57. The molecule has 1 saturated heterocycles. The number of carbonyl (C=O) groups excluding carboxylic acids is 1. The van der Waals surface area contributed by atoms with E-state index < -0.39 is 9.84 Å². The number of sulfone groups is 1. The second kappa shape index (κ2) is 6.99. The van der Waals surface area contributed by atoms with Crippen molar-refractivity contribution in [3.63, 3.8) is 0 Å². The molecule has 0 saturated carbocycles. The molecule has 1 atom stereocenters. The first-order valence-corrected chi connectivity index (χ1v) is 8.79. The average Bonchev–Trinajstić information content (AvgIpc) is 2.91. The molecule has 0 amide bonds. The Labute approximate surface area is 120 Å². The lowest BCUT2D eigenvalue weighted by Crippen LogP contribution is -2.22. The predicted molar refractivity (Wildman–Crippen MR) is 77.6 cm³/mol. The van der Waals surface area contributed by atoms with Gasteiger partial charge >= 0.3 is 0 Å². The van der Waals surface area contributed by atoms with Crippen LogP contribution in [0.4, 0.5) is 0 Å². The standard InChI is InChI=1S/C15H20O4S/c16-15(13-6-2-1-3-7-13)9-5-11-20(17,18)12-14-8-4-10-19-14/h1-3,6-7,14H,4-5,8-12H2. The summed E-state index contributed by atoms with van der Waals surface area (Å²) in [5, 5.41) is 0. The van der Waals surface area contributed by atoms with Crippen molar-refractivity contribution >= 4 is 15.6 Å².